The van der Waals surface area contributed by atoms with Crippen LogP contribution in [0.5, 0.6) is 0 Å². The number of nitrogens with one attached hydrogen (secondary N) is 1. The highest BCUT2D eigenvalue weighted by Crippen LogP contribution is 2.11. The Bertz CT molecular complexity index is 697. The molecule has 0 aromatic heterocycles. The first-order valence-corrected chi connectivity index (χ1v) is 18.4. The standard InChI is InChI=1S/C39H71NO3/c1-3-5-7-9-11-13-15-17-19-21-22-24-26-28-30-32-34-38(42)37(36-41)40-39(43)35-33-31-29-27-25-23-20-18-16-14-12-10-8-6-4-2/h14,16-17,19,24,26,32,34,37-38,41-42H,3-13,15,18,20-23,25,27-31,33,35-36H2,1-2H3,(H,40,43)/b16-14-,19-17+,26-24+,34-32+. The van der Waals surface area contributed by atoms with Crippen molar-refractivity contribution in [3.8, 4) is 0 Å². The lowest BCUT2D eigenvalue weighted by atomic mass is 10.1. The highest BCUT2D eigenvalue weighted by molar-refractivity contribution is 5.76. The first-order chi connectivity index (χ1) is 21.2. The minimum Gasteiger partial charge on any atom is -0.394 e. The third-order valence-electron chi connectivity index (χ3n) is 8.01. The van der Waals surface area contributed by atoms with Gasteiger partial charge >= 0.3 is 0 Å². The van der Waals surface area contributed by atoms with Gasteiger partial charge in [-0.05, 0) is 70.6 Å². The lowest BCUT2D eigenvalue weighted by Gasteiger charge is -2.19. The quantitative estimate of drug-likeness (QED) is 0.0530. The Morgan fingerprint density at radius 2 is 0.907 bits per heavy atom. The molecule has 2 atom stereocenters. The molecule has 1 amide bonds. The van der Waals surface area contributed by atoms with Crippen molar-refractivity contribution in [2.45, 2.75) is 187 Å². The van der Waals surface area contributed by atoms with Crippen molar-refractivity contribution in [2.24, 2.45) is 0 Å². The molecule has 0 saturated carbocycles. The van der Waals surface area contributed by atoms with Gasteiger partial charge in [-0.2, -0.15) is 0 Å². The van der Waals surface area contributed by atoms with Crippen molar-refractivity contribution in [3.63, 3.8) is 0 Å². The topological polar surface area (TPSA) is 69.6 Å². The molecule has 0 saturated heterocycles. The molecule has 4 heteroatoms. The van der Waals surface area contributed by atoms with E-state index < -0.39 is 12.1 Å². The third-order valence-corrected chi connectivity index (χ3v) is 8.01. The number of amides is 1. The Morgan fingerprint density at radius 3 is 1.37 bits per heavy atom. The van der Waals surface area contributed by atoms with Gasteiger partial charge in [0.05, 0.1) is 18.8 Å². The molecular formula is C39H71NO3. The zero-order valence-electron chi connectivity index (χ0n) is 28.5. The van der Waals surface area contributed by atoms with Crippen molar-refractivity contribution >= 4 is 5.91 Å². The minimum absolute atomic E-state index is 0.0862. The van der Waals surface area contributed by atoms with Crippen molar-refractivity contribution < 1.29 is 15.0 Å². The molecular weight excluding hydrogens is 530 g/mol. The molecule has 0 aromatic carbocycles. The number of carbonyl (C=O) groups is 1. The first kappa shape index (κ1) is 41.4. The molecule has 0 aliphatic rings. The second kappa shape index (κ2) is 34.8. The van der Waals surface area contributed by atoms with Gasteiger partial charge in [-0.1, -0.05) is 146 Å². The normalized spacial score (nSPS) is 13.7. The van der Waals surface area contributed by atoms with E-state index in [4.69, 9.17) is 0 Å². The summed E-state index contributed by atoms with van der Waals surface area (Å²) in [4.78, 5) is 12.3. The highest BCUT2D eigenvalue weighted by atomic mass is 16.3. The van der Waals surface area contributed by atoms with E-state index in [9.17, 15) is 15.0 Å². The van der Waals surface area contributed by atoms with Crippen LogP contribution < -0.4 is 5.32 Å². The van der Waals surface area contributed by atoms with Crippen LogP contribution in [0.25, 0.3) is 0 Å². The number of carbonyl (C=O) groups excluding carboxylic acids is 1. The van der Waals surface area contributed by atoms with Gasteiger partial charge in [0.2, 0.25) is 5.91 Å². The maximum absolute atomic E-state index is 12.3. The highest BCUT2D eigenvalue weighted by Gasteiger charge is 2.17. The molecule has 0 radical (unpaired) electrons. The molecule has 3 N–H and O–H groups in total. The molecule has 0 fully saturated rings. The third kappa shape index (κ3) is 31.6. The molecule has 2 unspecified atom stereocenters. The number of hydrogen-bond donors (Lipinski definition) is 3. The number of rotatable bonds is 32. The molecule has 0 aliphatic heterocycles. The van der Waals surface area contributed by atoms with Crippen molar-refractivity contribution in [3.05, 3.63) is 48.6 Å². The maximum atomic E-state index is 12.3. The Hall–Kier alpha value is -1.65. The summed E-state index contributed by atoms with van der Waals surface area (Å²) in [6.45, 7) is 4.25. The zero-order chi connectivity index (χ0) is 31.5. The van der Waals surface area contributed by atoms with Crippen LogP contribution in [0.3, 0.4) is 0 Å². The number of aliphatic hydroxyl groups excluding tert-OH is 2. The summed E-state index contributed by atoms with van der Waals surface area (Å²) in [5.74, 6) is -0.0862. The van der Waals surface area contributed by atoms with Crippen molar-refractivity contribution in [2.75, 3.05) is 6.61 Å². The molecule has 0 aromatic rings. The Labute approximate surface area is 267 Å². The van der Waals surface area contributed by atoms with E-state index in [0.717, 1.165) is 38.5 Å². The van der Waals surface area contributed by atoms with Crippen LogP contribution in [0.4, 0.5) is 0 Å². The molecule has 250 valence electrons. The van der Waals surface area contributed by atoms with Crippen LogP contribution in [0.2, 0.25) is 0 Å². The minimum atomic E-state index is -0.870. The van der Waals surface area contributed by atoms with E-state index in [1.54, 1.807) is 6.08 Å². The lowest BCUT2D eigenvalue weighted by molar-refractivity contribution is -0.123. The number of allylic oxidation sites excluding steroid dienone is 7. The molecule has 0 heterocycles. The van der Waals surface area contributed by atoms with Gasteiger partial charge in [0.1, 0.15) is 0 Å². The summed E-state index contributed by atoms with van der Waals surface area (Å²) in [7, 11) is 0. The summed E-state index contributed by atoms with van der Waals surface area (Å²) < 4.78 is 0. The molecule has 0 rings (SSSR count). The summed E-state index contributed by atoms with van der Waals surface area (Å²) in [6.07, 6.45) is 46.2. The predicted octanol–water partition coefficient (Wildman–Crippen LogP) is 10.8. The number of hydrogen-bond acceptors (Lipinski definition) is 3. The molecule has 0 spiro atoms. The van der Waals surface area contributed by atoms with Gasteiger partial charge in [0.15, 0.2) is 0 Å². The van der Waals surface area contributed by atoms with E-state index in [-0.39, 0.29) is 12.5 Å². The smallest absolute Gasteiger partial charge is 0.220 e. The van der Waals surface area contributed by atoms with Gasteiger partial charge < -0.3 is 15.5 Å². The van der Waals surface area contributed by atoms with Crippen LogP contribution >= 0.6 is 0 Å². The van der Waals surface area contributed by atoms with Gasteiger partial charge in [-0.25, -0.2) is 0 Å². The fourth-order valence-corrected chi connectivity index (χ4v) is 5.14. The van der Waals surface area contributed by atoms with E-state index in [1.165, 1.54) is 116 Å². The van der Waals surface area contributed by atoms with Crippen LogP contribution in [0, 0.1) is 0 Å². The van der Waals surface area contributed by atoms with E-state index in [1.807, 2.05) is 6.08 Å². The Kier molecular flexibility index (Phi) is 33.5. The van der Waals surface area contributed by atoms with Crippen LogP contribution in [0.1, 0.15) is 174 Å². The summed E-state index contributed by atoms with van der Waals surface area (Å²) in [5.41, 5.74) is 0. The van der Waals surface area contributed by atoms with Gasteiger partial charge in [0, 0.05) is 6.42 Å². The van der Waals surface area contributed by atoms with Gasteiger partial charge in [-0.15, -0.1) is 0 Å². The molecule has 43 heavy (non-hydrogen) atoms. The SMILES string of the molecule is CCCCCC/C=C\CCCCCCCCCC(=O)NC(CO)C(O)/C=C/CC/C=C/CC/C=C/CCCCCCCC. The monoisotopic (exact) mass is 602 g/mol. The van der Waals surface area contributed by atoms with Gasteiger partial charge in [0.25, 0.3) is 0 Å². The Morgan fingerprint density at radius 1 is 0.535 bits per heavy atom. The average Bonchev–Trinajstić information content (AvgIpc) is 3.01. The van der Waals surface area contributed by atoms with Crippen LogP contribution in [-0.4, -0.2) is 34.9 Å². The number of unbranched alkanes of at least 4 members (excludes halogenated alkanes) is 19. The second-order valence-corrected chi connectivity index (χ2v) is 12.3. The lowest BCUT2D eigenvalue weighted by Crippen LogP contribution is -2.45. The summed E-state index contributed by atoms with van der Waals surface area (Å²) in [5, 5.41) is 22.8. The predicted molar refractivity (Wildman–Crippen MR) is 188 cm³/mol. The molecule has 4 nitrogen and oxygen atoms in total. The molecule has 0 aliphatic carbocycles. The van der Waals surface area contributed by atoms with Crippen LogP contribution in [0.15, 0.2) is 48.6 Å². The van der Waals surface area contributed by atoms with E-state index in [2.05, 4.69) is 55.6 Å². The first-order valence-electron chi connectivity index (χ1n) is 18.4. The zero-order valence-corrected chi connectivity index (χ0v) is 28.5. The van der Waals surface area contributed by atoms with Crippen molar-refractivity contribution in [1.29, 1.82) is 0 Å². The Balaban J connectivity index is 3.73. The van der Waals surface area contributed by atoms with Crippen molar-refractivity contribution in [1.82, 2.24) is 5.32 Å². The van der Waals surface area contributed by atoms with E-state index >= 15 is 0 Å². The second-order valence-electron chi connectivity index (χ2n) is 12.3. The fraction of sp³-hybridized carbons (Fsp3) is 0.769. The van der Waals surface area contributed by atoms with E-state index in [0.29, 0.717) is 6.42 Å². The fourth-order valence-electron chi connectivity index (χ4n) is 5.14. The molecule has 0 bridgehead atoms. The number of aliphatic hydroxyl groups is 2. The summed E-state index contributed by atoms with van der Waals surface area (Å²) in [6, 6.07) is -0.646. The average molecular weight is 602 g/mol. The summed E-state index contributed by atoms with van der Waals surface area (Å²) >= 11 is 0. The maximum Gasteiger partial charge on any atom is 0.220 e. The van der Waals surface area contributed by atoms with Gasteiger partial charge in [-0.3, -0.25) is 4.79 Å². The van der Waals surface area contributed by atoms with Crippen LogP contribution in [-0.2, 0) is 4.79 Å². The largest absolute Gasteiger partial charge is 0.394 e.